The lowest BCUT2D eigenvalue weighted by Crippen LogP contribution is -2.55. The van der Waals surface area contributed by atoms with E-state index < -0.39 is 54.6 Å². The van der Waals surface area contributed by atoms with E-state index >= 15 is 0 Å². The molecule has 2 aromatic rings. The van der Waals surface area contributed by atoms with E-state index in [4.69, 9.17) is 17.6 Å². The molecule has 1 aliphatic rings. The van der Waals surface area contributed by atoms with Crippen molar-refractivity contribution in [2.24, 2.45) is 0 Å². The number of terminal acetylenes is 2. The lowest BCUT2D eigenvalue weighted by Gasteiger charge is -2.20. The average molecular weight is 545 g/mol. The third-order valence-electron chi connectivity index (χ3n) is 6.02. The largest absolute Gasteiger partial charge is 0.449 e. The fraction of sp³-hybridized carbons (Fsp3) is 0.276. The summed E-state index contributed by atoms with van der Waals surface area (Å²) in [4.78, 5) is 60.5. The fourth-order valence-electron chi connectivity index (χ4n) is 4.06. The van der Waals surface area contributed by atoms with Crippen LogP contribution < -0.4 is 21.3 Å². The van der Waals surface area contributed by atoms with Crippen LogP contribution in [0.4, 0.5) is 4.79 Å². The number of ether oxygens (including phenoxy) is 2. The summed E-state index contributed by atoms with van der Waals surface area (Å²) in [5.41, 5.74) is 4.17. The summed E-state index contributed by atoms with van der Waals surface area (Å²) >= 11 is 0. The van der Waals surface area contributed by atoms with Gasteiger partial charge in [0.1, 0.15) is 12.6 Å². The molecule has 4 amide bonds. The molecule has 206 valence electrons. The molecule has 0 fully saturated rings. The number of carbonyl (C=O) groups is 5. The van der Waals surface area contributed by atoms with Crippen LogP contribution in [0.3, 0.4) is 0 Å². The summed E-state index contributed by atoms with van der Waals surface area (Å²) in [6, 6.07) is 11.6. The Bertz CT molecular complexity index is 1350. The topological polar surface area (TPSA) is 152 Å². The Morgan fingerprint density at radius 2 is 1.35 bits per heavy atom. The SMILES string of the molecule is C#C[C@H](NC(=O)OCC1c2ccccc2-c2ccccc21)C(=O)N[C@H](C)C(=O)N[C@@H](C#C)C(=O)NCOC(C)=O. The monoisotopic (exact) mass is 544 g/mol. The number of amides is 4. The van der Waals surface area contributed by atoms with Crippen molar-refractivity contribution in [3.63, 3.8) is 0 Å². The molecule has 3 rings (SSSR count). The van der Waals surface area contributed by atoms with E-state index in [1.807, 2.05) is 48.5 Å². The number of esters is 1. The predicted molar refractivity (Wildman–Crippen MR) is 144 cm³/mol. The van der Waals surface area contributed by atoms with E-state index in [-0.39, 0.29) is 12.5 Å². The number of fused-ring (bicyclic) bond motifs is 3. The molecule has 0 unspecified atom stereocenters. The van der Waals surface area contributed by atoms with Crippen LogP contribution in [-0.2, 0) is 28.7 Å². The summed E-state index contributed by atoms with van der Waals surface area (Å²) in [6.45, 7) is 2.08. The van der Waals surface area contributed by atoms with Crippen LogP contribution in [0.15, 0.2) is 48.5 Å². The molecule has 4 N–H and O–H groups in total. The first-order valence-corrected chi connectivity index (χ1v) is 12.2. The lowest BCUT2D eigenvalue weighted by atomic mass is 9.98. The second kappa shape index (κ2) is 13.5. The van der Waals surface area contributed by atoms with Crippen molar-refractivity contribution in [1.82, 2.24) is 21.3 Å². The Morgan fingerprint density at radius 3 is 1.90 bits per heavy atom. The number of benzene rings is 2. The zero-order valence-corrected chi connectivity index (χ0v) is 21.9. The minimum absolute atomic E-state index is 0.0184. The van der Waals surface area contributed by atoms with Gasteiger partial charge in [0.2, 0.25) is 5.91 Å². The van der Waals surface area contributed by atoms with Crippen molar-refractivity contribution in [1.29, 1.82) is 0 Å². The summed E-state index contributed by atoms with van der Waals surface area (Å²) < 4.78 is 10.00. The number of rotatable bonds is 10. The van der Waals surface area contributed by atoms with E-state index in [1.165, 1.54) is 6.92 Å². The third-order valence-corrected chi connectivity index (χ3v) is 6.02. The van der Waals surface area contributed by atoms with Crippen molar-refractivity contribution in [2.75, 3.05) is 13.3 Å². The predicted octanol–water partition coefficient (Wildman–Crippen LogP) is 0.786. The van der Waals surface area contributed by atoms with E-state index in [0.717, 1.165) is 29.2 Å². The van der Waals surface area contributed by atoms with Crippen LogP contribution >= 0.6 is 0 Å². The molecule has 0 spiro atoms. The zero-order chi connectivity index (χ0) is 29.2. The minimum atomic E-state index is -1.44. The van der Waals surface area contributed by atoms with Crippen molar-refractivity contribution in [2.45, 2.75) is 37.9 Å². The molecule has 0 bridgehead atoms. The van der Waals surface area contributed by atoms with Crippen LogP contribution in [0.1, 0.15) is 30.9 Å². The smallest absolute Gasteiger partial charge is 0.408 e. The minimum Gasteiger partial charge on any atom is -0.449 e. The molecule has 0 radical (unpaired) electrons. The molecule has 0 aromatic heterocycles. The molecule has 0 heterocycles. The van der Waals surface area contributed by atoms with E-state index in [9.17, 15) is 24.0 Å². The number of alkyl carbamates (subject to hydrolysis) is 1. The van der Waals surface area contributed by atoms with Crippen LogP contribution in [0, 0.1) is 24.7 Å². The summed E-state index contributed by atoms with van der Waals surface area (Å²) in [5.74, 6) is 0.984. The van der Waals surface area contributed by atoms with Crippen molar-refractivity contribution >= 4 is 29.8 Å². The van der Waals surface area contributed by atoms with Gasteiger partial charge in [-0.15, -0.1) is 12.8 Å². The van der Waals surface area contributed by atoms with E-state index in [2.05, 4.69) is 37.8 Å². The van der Waals surface area contributed by atoms with Gasteiger partial charge in [-0.2, -0.15) is 0 Å². The highest BCUT2D eigenvalue weighted by Crippen LogP contribution is 2.44. The normalized spacial score (nSPS) is 13.5. The Labute approximate surface area is 231 Å². The average Bonchev–Trinajstić information content (AvgIpc) is 3.26. The van der Waals surface area contributed by atoms with Gasteiger partial charge in [-0.3, -0.25) is 24.5 Å². The van der Waals surface area contributed by atoms with Crippen LogP contribution in [-0.4, -0.2) is 61.2 Å². The molecular formula is C29H28N4O7. The molecule has 0 saturated heterocycles. The van der Waals surface area contributed by atoms with Crippen LogP contribution in [0.2, 0.25) is 0 Å². The number of hydrogen-bond acceptors (Lipinski definition) is 7. The van der Waals surface area contributed by atoms with Gasteiger partial charge < -0.3 is 25.4 Å². The maximum atomic E-state index is 12.6. The van der Waals surface area contributed by atoms with Gasteiger partial charge in [0.15, 0.2) is 18.8 Å². The van der Waals surface area contributed by atoms with E-state index in [1.54, 1.807) is 0 Å². The van der Waals surface area contributed by atoms with Gasteiger partial charge in [-0.25, -0.2) is 4.79 Å². The second-order valence-corrected chi connectivity index (χ2v) is 8.73. The Hall–Kier alpha value is -5.29. The van der Waals surface area contributed by atoms with Gasteiger partial charge >= 0.3 is 12.1 Å². The molecule has 2 aromatic carbocycles. The highest BCUT2D eigenvalue weighted by Gasteiger charge is 2.30. The number of hydrogen-bond donors (Lipinski definition) is 4. The molecule has 0 saturated carbocycles. The zero-order valence-electron chi connectivity index (χ0n) is 21.9. The van der Waals surface area contributed by atoms with Gasteiger partial charge in [0.05, 0.1) is 0 Å². The first kappa shape index (κ1) is 29.3. The number of nitrogens with one attached hydrogen (secondary N) is 4. The maximum Gasteiger partial charge on any atom is 0.408 e. The molecular weight excluding hydrogens is 516 g/mol. The molecule has 3 atom stereocenters. The Morgan fingerprint density at radius 1 is 0.800 bits per heavy atom. The van der Waals surface area contributed by atoms with Crippen molar-refractivity contribution in [3.8, 4) is 35.8 Å². The summed E-state index contributed by atoms with van der Waals surface area (Å²) in [5, 5.41) is 9.16. The highest BCUT2D eigenvalue weighted by atomic mass is 16.5. The Kier molecular flexibility index (Phi) is 9.87. The third kappa shape index (κ3) is 7.17. The summed E-state index contributed by atoms with van der Waals surface area (Å²) in [7, 11) is 0. The molecule has 11 nitrogen and oxygen atoms in total. The maximum absolute atomic E-state index is 12.6. The first-order valence-electron chi connectivity index (χ1n) is 12.2. The van der Waals surface area contributed by atoms with Gasteiger partial charge in [-0.05, 0) is 29.2 Å². The first-order chi connectivity index (χ1) is 19.2. The Balaban J connectivity index is 1.51. The fourth-order valence-corrected chi connectivity index (χ4v) is 4.06. The van der Waals surface area contributed by atoms with Crippen molar-refractivity contribution in [3.05, 3.63) is 59.7 Å². The lowest BCUT2D eigenvalue weighted by molar-refractivity contribution is -0.143. The second-order valence-electron chi connectivity index (χ2n) is 8.73. The standard InChI is InChI=1S/C29H28N4O7/c1-5-24(27(36)30-16-40-18(4)34)32-26(35)17(3)31-28(37)25(6-2)33-29(38)39-15-23-21-13-9-7-11-19(21)20-12-8-10-14-22(20)23/h1-2,7-14,17,23-25H,15-16H2,3-4H3,(H,30,36)(H,31,37)(H,32,35)(H,33,38)/t17-,24+,25+/m1/s1. The van der Waals surface area contributed by atoms with Crippen molar-refractivity contribution < 1.29 is 33.4 Å². The van der Waals surface area contributed by atoms with E-state index in [0.29, 0.717) is 0 Å². The molecule has 11 heteroatoms. The van der Waals surface area contributed by atoms with Gasteiger partial charge in [-0.1, -0.05) is 60.4 Å². The molecule has 0 aliphatic heterocycles. The molecule has 40 heavy (non-hydrogen) atoms. The molecule has 1 aliphatic carbocycles. The highest BCUT2D eigenvalue weighted by molar-refractivity contribution is 5.95. The van der Waals surface area contributed by atoms with Crippen LogP contribution in [0.5, 0.6) is 0 Å². The van der Waals surface area contributed by atoms with Gasteiger partial charge in [0.25, 0.3) is 11.8 Å². The summed E-state index contributed by atoms with van der Waals surface area (Å²) in [6.07, 6.45) is 9.82. The quantitative estimate of drug-likeness (QED) is 0.196. The van der Waals surface area contributed by atoms with Gasteiger partial charge in [0, 0.05) is 12.8 Å². The number of carbonyl (C=O) groups excluding carboxylic acids is 5. The van der Waals surface area contributed by atoms with Crippen LogP contribution in [0.25, 0.3) is 11.1 Å².